The summed E-state index contributed by atoms with van der Waals surface area (Å²) in [5.41, 5.74) is 7.40. The molecule has 0 aromatic heterocycles. The van der Waals surface area contributed by atoms with Gasteiger partial charge in [0, 0.05) is 11.1 Å². The van der Waals surface area contributed by atoms with Gasteiger partial charge in [-0.05, 0) is 61.7 Å². The molecule has 5 nitrogen and oxygen atoms in total. The molecule has 0 heterocycles. The lowest BCUT2D eigenvalue weighted by atomic mass is 9.72. The molecule has 0 fully saturated rings. The van der Waals surface area contributed by atoms with Crippen LogP contribution in [0, 0.1) is 5.92 Å². The van der Waals surface area contributed by atoms with Crippen molar-refractivity contribution >= 4 is 24.7 Å². The van der Waals surface area contributed by atoms with Crippen molar-refractivity contribution in [3.05, 3.63) is 33.8 Å². The summed E-state index contributed by atoms with van der Waals surface area (Å²) in [5.74, 6) is -0.975. The number of halogens is 1. The van der Waals surface area contributed by atoms with E-state index in [2.05, 4.69) is 0 Å². The number of hydrogen-bond donors (Lipinski definition) is 4. The third kappa shape index (κ3) is 3.40. The quantitative estimate of drug-likeness (QED) is 0.594. The highest BCUT2D eigenvalue weighted by atomic mass is 35.5. The second kappa shape index (κ2) is 6.81. The fraction of sp³-hybridized carbons (Fsp3) is 0.562. The molecule has 1 aromatic carbocycles. The summed E-state index contributed by atoms with van der Waals surface area (Å²) < 4.78 is 0. The average Bonchev–Trinajstić information content (AvgIpc) is 2.71. The van der Waals surface area contributed by atoms with E-state index in [1.165, 1.54) is 0 Å². The number of nitrogens with two attached hydrogens (primary N) is 1. The second-order valence-electron chi connectivity index (χ2n) is 6.64. The molecule has 5 N–H and O–H groups in total. The Morgan fingerprint density at radius 3 is 2.70 bits per heavy atom. The van der Waals surface area contributed by atoms with E-state index in [1.54, 1.807) is 6.92 Å². The zero-order valence-corrected chi connectivity index (χ0v) is 14.2. The van der Waals surface area contributed by atoms with Crippen molar-refractivity contribution in [3.63, 3.8) is 0 Å². The summed E-state index contributed by atoms with van der Waals surface area (Å²) in [6, 6.07) is 3.39. The molecule has 1 aliphatic carbocycles. The SMILES string of the molecule is C[C@@H](N)c1cc2c(cc1Cl)C[C@H](CCCB(O)O)[C@]2(C)C(=O)O. The van der Waals surface area contributed by atoms with Crippen LogP contribution in [-0.2, 0) is 16.6 Å². The first-order chi connectivity index (χ1) is 10.7. The molecular formula is C16H23BClNO4. The zero-order valence-electron chi connectivity index (χ0n) is 13.4. The fourth-order valence-electron chi connectivity index (χ4n) is 3.55. The van der Waals surface area contributed by atoms with Gasteiger partial charge in [-0.3, -0.25) is 4.79 Å². The van der Waals surface area contributed by atoms with Crippen LogP contribution >= 0.6 is 11.6 Å². The number of carbonyl (C=O) groups is 1. The zero-order chi connectivity index (χ0) is 17.4. The van der Waals surface area contributed by atoms with Gasteiger partial charge in [-0.25, -0.2) is 0 Å². The van der Waals surface area contributed by atoms with Crippen LogP contribution in [-0.4, -0.2) is 28.2 Å². The molecule has 0 amide bonds. The van der Waals surface area contributed by atoms with Gasteiger partial charge in [-0.15, -0.1) is 0 Å². The minimum absolute atomic E-state index is 0.104. The number of aliphatic carboxylic acids is 1. The molecule has 0 unspecified atom stereocenters. The summed E-state index contributed by atoms with van der Waals surface area (Å²) in [4.78, 5) is 12.0. The lowest BCUT2D eigenvalue weighted by molar-refractivity contribution is -0.145. The van der Waals surface area contributed by atoms with Crippen LogP contribution in [0.5, 0.6) is 0 Å². The minimum atomic E-state index is -1.35. The van der Waals surface area contributed by atoms with Crippen LogP contribution in [0.3, 0.4) is 0 Å². The Hall–Kier alpha value is -1.08. The summed E-state index contributed by atoms with van der Waals surface area (Å²) in [5, 5.41) is 28.4. The Morgan fingerprint density at radius 1 is 1.52 bits per heavy atom. The van der Waals surface area contributed by atoms with Crippen LogP contribution in [0.2, 0.25) is 11.3 Å². The second-order valence-corrected chi connectivity index (χ2v) is 7.05. The van der Waals surface area contributed by atoms with E-state index in [4.69, 9.17) is 27.4 Å². The van der Waals surface area contributed by atoms with E-state index < -0.39 is 18.5 Å². The van der Waals surface area contributed by atoms with Crippen LogP contribution in [0.15, 0.2) is 12.1 Å². The standard InChI is InChI=1S/C16H23BClNO4/c1-9(19)12-8-13-10(7-14(12)18)6-11(4-3-5-17(22)23)16(13,2)15(20)21/h7-9,11,22-23H,3-6,19H2,1-2H3,(H,20,21)/t9-,11+,16+/m1/s1. The molecule has 1 aromatic rings. The predicted octanol–water partition coefficient (Wildman–Crippen LogP) is 2.13. The maximum Gasteiger partial charge on any atom is 0.451 e. The van der Waals surface area contributed by atoms with E-state index in [1.807, 2.05) is 19.1 Å². The highest BCUT2D eigenvalue weighted by Gasteiger charge is 2.49. The first-order valence-electron chi connectivity index (χ1n) is 7.85. The molecular weight excluding hydrogens is 316 g/mol. The highest BCUT2D eigenvalue weighted by molar-refractivity contribution is 6.40. The summed E-state index contributed by atoms with van der Waals surface area (Å²) in [6.07, 6.45) is 2.04. The number of benzene rings is 1. The third-order valence-electron chi connectivity index (χ3n) is 5.01. The third-order valence-corrected chi connectivity index (χ3v) is 5.34. The van der Waals surface area contributed by atoms with Gasteiger partial charge in [0.15, 0.2) is 0 Å². The Balaban J connectivity index is 2.37. The van der Waals surface area contributed by atoms with Crippen molar-refractivity contribution in [1.29, 1.82) is 0 Å². The molecule has 0 saturated heterocycles. The van der Waals surface area contributed by atoms with E-state index in [9.17, 15) is 9.90 Å². The fourth-order valence-corrected chi connectivity index (χ4v) is 3.91. The van der Waals surface area contributed by atoms with Crippen molar-refractivity contribution in [2.45, 2.75) is 50.9 Å². The molecule has 0 saturated carbocycles. The topological polar surface area (TPSA) is 104 Å². The number of fused-ring (bicyclic) bond motifs is 1. The van der Waals surface area contributed by atoms with Gasteiger partial charge in [-0.2, -0.15) is 0 Å². The van der Waals surface area contributed by atoms with Crippen molar-refractivity contribution < 1.29 is 19.9 Å². The molecule has 126 valence electrons. The number of rotatable bonds is 6. The van der Waals surface area contributed by atoms with Gasteiger partial charge in [0.1, 0.15) is 0 Å². The van der Waals surface area contributed by atoms with Crippen LogP contribution in [0.4, 0.5) is 0 Å². The average molecular weight is 340 g/mol. The van der Waals surface area contributed by atoms with Crippen molar-refractivity contribution in [2.24, 2.45) is 11.7 Å². The van der Waals surface area contributed by atoms with Gasteiger partial charge in [-0.1, -0.05) is 24.1 Å². The minimum Gasteiger partial charge on any atom is -0.481 e. The Labute approximate surface area is 141 Å². The lowest BCUT2D eigenvalue weighted by Crippen LogP contribution is -2.37. The van der Waals surface area contributed by atoms with Crippen LogP contribution in [0.25, 0.3) is 0 Å². The Bertz CT molecular complexity index is 608. The molecule has 0 spiro atoms. The van der Waals surface area contributed by atoms with Crippen molar-refractivity contribution in [2.75, 3.05) is 0 Å². The normalized spacial score (nSPS) is 24.3. The first kappa shape index (κ1) is 18.3. The van der Waals surface area contributed by atoms with Crippen LogP contribution < -0.4 is 5.73 Å². The van der Waals surface area contributed by atoms with Crippen molar-refractivity contribution in [1.82, 2.24) is 0 Å². The van der Waals surface area contributed by atoms with Crippen molar-refractivity contribution in [3.8, 4) is 0 Å². The Kier molecular flexibility index (Phi) is 5.41. The molecule has 2 rings (SSSR count). The van der Waals surface area contributed by atoms with Crippen LogP contribution in [0.1, 0.15) is 49.4 Å². The summed E-state index contributed by atoms with van der Waals surface area (Å²) in [6.45, 7) is 3.56. The molecule has 0 radical (unpaired) electrons. The molecule has 0 bridgehead atoms. The highest BCUT2D eigenvalue weighted by Crippen LogP contribution is 2.47. The Morgan fingerprint density at radius 2 is 2.17 bits per heavy atom. The van der Waals surface area contributed by atoms with Gasteiger partial charge in [0.25, 0.3) is 0 Å². The molecule has 3 atom stereocenters. The summed E-state index contributed by atoms with van der Waals surface area (Å²) >= 11 is 6.28. The van der Waals surface area contributed by atoms with Gasteiger partial charge < -0.3 is 20.9 Å². The molecule has 0 aliphatic heterocycles. The largest absolute Gasteiger partial charge is 0.481 e. The predicted molar refractivity (Wildman–Crippen MR) is 90.5 cm³/mol. The van der Waals surface area contributed by atoms with E-state index in [-0.39, 0.29) is 18.3 Å². The maximum atomic E-state index is 12.0. The van der Waals surface area contributed by atoms with Gasteiger partial charge >= 0.3 is 13.1 Å². The smallest absolute Gasteiger partial charge is 0.451 e. The number of hydrogen-bond acceptors (Lipinski definition) is 4. The summed E-state index contributed by atoms with van der Waals surface area (Å²) in [7, 11) is -1.35. The molecule has 1 aliphatic rings. The molecule has 23 heavy (non-hydrogen) atoms. The molecule has 7 heteroatoms. The monoisotopic (exact) mass is 339 g/mol. The van der Waals surface area contributed by atoms with E-state index in [0.717, 1.165) is 16.7 Å². The maximum absolute atomic E-state index is 12.0. The van der Waals surface area contributed by atoms with Gasteiger partial charge in [0.2, 0.25) is 0 Å². The van der Waals surface area contributed by atoms with Gasteiger partial charge in [0.05, 0.1) is 5.41 Å². The first-order valence-corrected chi connectivity index (χ1v) is 8.23. The lowest BCUT2D eigenvalue weighted by Gasteiger charge is -2.29. The number of carboxylic acids is 1. The van der Waals surface area contributed by atoms with E-state index in [0.29, 0.717) is 24.3 Å². The van der Waals surface area contributed by atoms with E-state index >= 15 is 0 Å². The number of carboxylic acid groups (broad SMARTS) is 1.